The van der Waals surface area contributed by atoms with Crippen LogP contribution in [0.4, 0.5) is 5.69 Å². The van der Waals surface area contributed by atoms with E-state index in [0.717, 1.165) is 23.0 Å². The summed E-state index contributed by atoms with van der Waals surface area (Å²) in [7, 11) is 0. The van der Waals surface area contributed by atoms with Crippen molar-refractivity contribution in [3.63, 3.8) is 0 Å². The fourth-order valence-corrected chi connectivity index (χ4v) is 1.83. The summed E-state index contributed by atoms with van der Waals surface area (Å²) in [6, 6.07) is 7.89. The van der Waals surface area contributed by atoms with Crippen molar-refractivity contribution < 1.29 is 0 Å². The molecule has 3 heteroatoms. The Morgan fingerprint density at radius 2 is 2.00 bits per heavy atom. The van der Waals surface area contributed by atoms with Gasteiger partial charge in [0.15, 0.2) is 0 Å². The van der Waals surface area contributed by atoms with E-state index in [1.165, 1.54) is 0 Å². The van der Waals surface area contributed by atoms with Gasteiger partial charge in [-0.05, 0) is 38.0 Å². The molecule has 16 heavy (non-hydrogen) atoms. The highest BCUT2D eigenvalue weighted by Gasteiger charge is 2.20. The molecule has 0 spiro atoms. The topological polar surface area (TPSA) is 35.8 Å². The van der Waals surface area contributed by atoms with Crippen LogP contribution < -0.4 is 5.32 Å². The Bertz CT molecular complexity index is 403. The summed E-state index contributed by atoms with van der Waals surface area (Å²) in [4.78, 5) is 0. The molecule has 0 saturated carbocycles. The van der Waals surface area contributed by atoms with Crippen LogP contribution in [0.25, 0.3) is 0 Å². The number of anilines is 1. The minimum Gasteiger partial charge on any atom is -0.379 e. The van der Waals surface area contributed by atoms with E-state index in [1.54, 1.807) is 0 Å². The first kappa shape index (κ1) is 13.1. The number of rotatable bonds is 4. The lowest BCUT2D eigenvalue weighted by Crippen LogP contribution is -2.33. The number of benzene rings is 1. The first-order chi connectivity index (χ1) is 7.54. The second-order valence-corrected chi connectivity index (χ2v) is 5.11. The summed E-state index contributed by atoms with van der Waals surface area (Å²) in [5.41, 5.74) is 1.64. The van der Waals surface area contributed by atoms with Crippen molar-refractivity contribution in [1.29, 1.82) is 5.26 Å². The minimum atomic E-state index is 0.0480. The molecule has 0 radical (unpaired) electrons. The predicted octanol–water partition coefficient (Wildman–Crippen LogP) is 4.31. The standard InChI is InChI=1S/C13H17BrN2/c1-4-13(3,5-2)16-12-8-11(14)7-6-10(12)9-15/h6-8,16H,4-5H2,1-3H3. The fourth-order valence-electron chi connectivity index (χ4n) is 1.47. The minimum absolute atomic E-state index is 0.0480. The largest absolute Gasteiger partial charge is 0.379 e. The number of halogens is 1. The lowest BCUT2D eigenvalue weighted by Gasteiger charge is -2.30. The highest BCUT2D eigenvalue weighted by Crippen LogP contribution is 2.26. The monoisotopic (exact) mass is 280 g/mol. The van der Waals surface area contributed by atoms with Gasteiger partial charge in [0.1, 0.15) is 6.07 Å². The van der Waals surface area contributed by atoms with Gasteiger partial charge in [0.2, 0.25) is 0 Å². The molecular formula is C13H17BrN2. The molecule has 1 aromatic rings. The summed E-state index contributed by atoms with van der Waals surface area (Å²) in [6.45, 7) is 6.48. The highest BCUT2D eigenvalue weighted by atomic mass is 79.9. The quantitative estimate of drug-likeness (QED) is 0.892. The second-order valence-electron chi connectivity index (χ2n) is 4.19. The molecular weight excluding hydrogens is 264 g/mol. The summed E-state index contributed by atoms with van der Waals surface area (Å²) in [5.74, 6) is 0. The van der Waals surface area contributed by atoms with Crippen LogP contribution in [0, 0.1) is 11.3 Å². The SMILES string of the molecule is CCC(C)(CC)Nc1cc(Br)ccc1C#N. The average molecular weight is 281 g/mol. The maximum atomic E-state index is 9.05. The lowest BCUT2D eigenvalue weighted by atomic mass is 9.94. The van der Waals surface area contributed by atoms with E-state index in [-0.39, 0.29) is 5.54 Å². The molecule has 0 bridgehead atoms. The molecule has 2 nitrogen and oxygen atoms in total. The number of hydrogen-bond acceptors (Lipinski definition) is 2. The predicted molar refractivity (Wildman–Crippen MR) is 71.5 cm³/mol. The molecule has 0 unspecified atom stereocenters. The molecule has 1 aromatic carbocycles. The zero-order valence-electron chi connectivity index (χ0n) is 9.97. The highest BCUT2D eigenvalue weighted by molar-refractivity contribution is 9.10. The van der Waals surface area contributed by atoms with E-state index in [4.69, 9.17) is 5.26 Å². The number of nitriles is 1. The van der Waals surface area contributed by atoms with Crippen molar-refractivity contribution in [3.05, 3.63) is 28.2 Å². The van der Waals surface area contributed by atoms with E-state index >= 15 is 0 Å². The maximum Gasteiger partial charge on any atom is 0.101 e. The van der Waals surface area contributed by atoms with E-state index in [0.29, 0.717) is 5.56 Å². The Hall–Kier alpha value is -1.01. The zero-order chi connectivity index (χ0) is 12.2. The molecule has 0 fully saturated rings. The summed E-state index contributed by atoms with van der Waals surface area (Å²) in [6.07, 6.45) is 2.06. The second kappa shape index (κ2) is 5.36. The van der Waals surface area contributed by atoms with Crippen molar-refractivity contribution in [1.82, 2.24) is 0 Å². The Balaban J connectivity index is 3.05. The smallest absolute Gasteiger partial charge is 0.101 e. The van der Waals surface area contributed by atoms with E-state index in [2.05, 4.69) is 48.1 Å². The summed E-state index contributed by atoms with van der Waals surface area (Å²) < 4.78 is 0.989. The van der Waals surface area contributed by atoms with Crippen molar-refractivity contribution in [2.24, 2.45) is 0 Å². The van der Waals surface area contributed by atoms with E-state index < -0.39 is 0 Å². The fraction of sp³-hybridized carbons (Fsp3) is 0.462. The van der Waals surface area contributed by atoms with Gasteiger partial charge in [-0.25, -0.2) is 0 Å². The average Bonchev–Trinajstić information content (AvgIpc) is 2.29. The molecule has 0 saturated heterocycles. The van der Waals surface area contributed by atoms with Gasteiger partial charge in [-0.2, -0.15) is 5.26 Å². The first-order valence-corrected chi connectivity index (χ1v) is 6.31. The van der Waals surface area contributed by atoms with Gasteiger partial charge in [-0.1, -0.05) is 29.8 Å². The van der Waals surface area contributed by atoms with Gasteiger partial charge in [-0.3, -0.25) is 0 Å². The first-order valence-electron chi connectivity index (χ1n) is 5.52. The van der Waals surface area contributed by atoms with Crippen molar-refractivity contribution in [2.75, 3.05) is 5.32 Å². The van der Waals surface area contributed by atoms with Gasteiger partial charge in [0.05, 0.1) is 11.3 Å². The van der Waals surface area contributed by atoms with Gasteiger partial charge < -0.3 is 5.32 Å². The van der Waals surface area contributed by atoms with Gasteiger partial charge in [0, 0.05) is 10.0 Å². The molecule has 0 aliphatic carbocycles. The van der Waals surface area contributed by atoms with Gasteiger partial charge in [-0.15, -0.1) is 0 Å². The van der Waals surface area contributed by atoms with Crippen LogP contribution in [0.15, 0.2) is 22.7 Å². The molecule has 0 aromatic heterocycles. The molecule has 0 amide bonds. The number of hydrogen-bond donors (Lipinski definition) is 1. The van der Waals surface area contributed by atoms with Crippen LogP contribution >= 0.6 is 15.9 Å². The zero-order valence-corrected chi connectivity index (χ0v) is 11.6. The summed E-state index contributed by atoms with van der Waals surface area (Å²) >= 11 is 3.43. The molecule has 0 atom stereocenters. The third-order valence-corrected chi connectivity index (χ3v) is 3.59. The molecule has 86 valence electrons. The summed E-state index contributed by atoms with van der Waals surface area (Å²) in [5, 5.41) is 12.5. The van der Waals surface area contributed by atoms with Crippen LogP contribution in [0.3, 0.4) is 0 Å². The van der Waals surface area contributed by atoms with Crippen LogP contribution in [0.5, 0.6) is 0 Å². The Kier molecular flexibility index (Phi) is 4.37. The molecule has 1 N–H and O–H groups in total. The van der Waals surface area contributed by atoms with Crippen LogP contribution in [-0.2, 0) is 0 Å². The van der Waals surface area contributed by atoms with Crippen molar-refractivity contribution in [3.8, 4) is 6.07 Å². The van der Waals surface area contributed by atoms with Crippen molar-refractivity contribution >= 4 is 21.6 Å². The maximum absolute atomic E-state index is 9.05. The molecule has 0 aliphatic heterocycles. The third-order valence-electron chi connectivity index (χ3n) is 3.10. The Morgan fingerprint density at radius 1 is 1.38 bits per heavy atom. The normalized spacial score (nSPS) is 10.9. The van der Waals surface area contributed by atoms with Crippen LogP contribution in [-0.4, -0.2) is 5.54 Å². The third kappa shape index (κ3) is 2.99. The number of nitrogens with zero attached hydrogens (tertiary/aromatic N) is 1. The number of nitrogens with one attached hydrogen (secondary N) is 1. The molecule has 0 aliphatic rings. The van der Waals surface area contributed by atoms with Gasteiger partial charge in [0.25, 0.3) is 0 Å². The van der Waals surface area contributed by atoms with Gasteiger partial charge >= 0.3 is 0 Å². The van der Waals surface area contributed by atoms with E-state index in [1.807, 2.05) is 18.2 Å². The van der Waals surface area contributed by atoms with Crippen LogP contribution in [0.1, 0.15) is 39.2 Å². The lowest BCUT2D eigenvalue weighted by molar-refractivity contribution is 0.478. The molecule has 0 heterocycles. The Labute approximate surface area is 106 Å². The van der Waals surface area contributed by atoms with E-state index in [9.17, 15) is 0 Å². The Morgan fingerprint density at radius 3 is 2.50 bits per heavy atom. The van der Waals surface area contributed by atoms with Crippen LogP contribution in [0.2, 0.25) is 0 Å². The molecule has 1 rings (SSSR count). The van der Waals surface area contributed by atoms with Crippen molar-refractivity contribution in [2.45, 2.75) is 39.2 Å².